The molecule has 5 rings (SSSR count). The van der Waals surface area contributed by atoms with Crippen LogP contribution in [0.5, 0.6) is 17.2 Å². The van der Waals surface area contributed by atoms with Gasteiger partial charge in [-0.1, -0.05) is 6.07 Å². The number of ether oxygens (including phenoxy) is 4. The first-order valence-electron chi connectivity index (χ1n) is 13.6. The van der Waals surface area contributed by atoms with E-state index in [9.17, 15) is 13.2 Å². The third-order valence-corrected chi connectivity index (χ3v) is 8.94. The van der Waals surface area contributed by atoms with Crippen LogP contribution in [-0.4, -0.2) is 88.3 Å². The quantitative estimate of drug-likeness (QED) is 0.299. The molecule has 11 nitrogen and oxygen atoms in total. The maximum atomic E-state index is 13.8. The van der Waals surface area contributed by atoms with E-state index in [-0.39, 0.29) is 43.8 Å². The zero-order chi connectivity index (χ0) is 28.7. The molecular formula is C29H35N3O8S. The van der Waals surface area contributed by atoms with E-state index in [1.165, 1.54) is 23.5 Å². The molecule has 0 radical (unpaired) electrons. The van der Waals surface area contributed by atoms with Gasteiger partial charge >= 0.3 is 0 Å². The molecule has 0 bridgehead atoms. The summed E-state index contributed by atoms with van der Waals surface area (Å²) in [6.07, 6.45) is 2.12. The number of nitrogens with zero attached hydrogens (tertiary/aromatic N) is 3. The van der Waals surface area contributed by atoms with Gasteiger partial charge in [0.25, 0.3) is 0 Å². The highest BCUT2D eigenvalue weighted by Gasteiger charge is 2.29. The highest BCUT2D eigenvalue weighted by Crippen LogP contribution is 2.33. The number of carbonyl (C=O) groups excluding carboxylic acids is 1. The van der Waals surface area contributed by atoms with Crippen LogP contribution in [0, 0.1) is 0 Å². The van der Waals surface area contributed by atoms with Gasteiger partial charge in [0.2, 0.25) is 22.7 Å². The summed E-state index contributed by atoms with van der Waals surface area (Å²) >= 11 is 0. The van der Waals surface area contributed by atoms with Gasteiger partial charge in [0.15, 0.2) is 11.5 Å². The molecule has 0 spiro atoms. The van der Waals surface area contributed by atoms with Crippen LogP contribution in [0.2, 0.25) is 0 Å². The van der Waals surface area contributed by atoms with E-state index in [1.54, 1.807) is 41.5 Å². The SMILES string of the molecule is COc1ccc(S(=O)(=O)N(CCCN2CCOCC2)CC(=O)N(Cc2ccc3c(c2)OCO3)Cc2ccco2)cc1. The number of fused-ring (bicyclic) bond motifs is 1. The van der Waals surface area contributed by atoms with Gasteiger partial charge in [-0.05, 0) is 67.1 Å². The van der Waals surface area contributed by atoms with Crippen LogP contribution in [0.3, 0.4) is 0 Å². The molecular weight excluding hydrogens is 550 g/mol. The van der Waals surface area contributed by atoms with Crippen molar-refractivity contribution < 1.29 is 36.6 Å². The van der Waals surface area contributed by atoms with E-state index in [0.717, 1.165) is 18.7 Å². The summed E-state index contributed by atoms with van der Waals surface area (Å²) in [7, 11) is -2.45. The summed E-state index contributed by atoms with van der Waals surface area (Å²) < 4.78 is 55.9. The van der Waals surface area contributed by atoms with Crippen LogP contribution in [0.15, 0.2) is 70.2 Å². The molecule has 41 heavy (non-hydrogen) atoms. The lowest BCUT2D eigenvalue weighted by Gasteiger charge is -2.29. The molecule has 220 valence electrons. The second-order valence-electron chi connectivity index (χ2n) is 9.84. The van der Waals surface area contributed by atoms with E-state index >= 15 is 0 Å². The van der Waals surface area contributed by atoms with Crippen molar-refractivity contribution in [2.75, 3.05) is 59.8 Å². The van der Waals surface area contributed by atoms with Crippen LogP contribution in [0.4, 0.5) is 0 Å². The van der Waals surface area contributed by atoms with E-state index in [2.05, 4.69) is 4.90 Å². The van der Waals surface area contributed by atoms with Crippen molar-refractivity contribution in [3.63, 3.8) is 0 Å². The third-order valence-electron chi connectivity index (χ3n) is 7.08. The topological polar surface area (TPSA) is 111 Å². The highest BCUT2D eigenvalue weighted by atomic mass is 32.2. The number of benzene rings is 2. The first-order chi connectivity index (χ1) is 19.9. The number of sulfonamides is 1. The van der Waals surface area contributed by atoms with Crippen LogP contribution < -0.4 is 14.2 Å². The average molecular weight is 586 g/mol. The molecule has 1 amide bonds. The number of rotatable bonds is 13. The Bertz CT molecular complexity index is 1390. The minimum absolute atomic E-state index is 0.103. The Morgan fingerprint density at radius 3 is 2.51 bits per heavy atom. The summed E-state index contributed by atoms with van der Waals surface area (Å²) in [6, 6.07) is 15.2. The van der Waals surface area contributed by atoms with E-state index in [0.29, 0.717) is 49.2 Å². The number of furan rings is 1. The minimum atomic E-state index is -3.97. The first-order valence-corrected chi connectivity index (χ1v) is 15.0. The van der Waals surface area contributed by atoms with Gasteiger partial charge in [0.1, 0.15) is 11.5 Å². The molecule has 3 aromatic rings. The van der Waals surface area contributed by atoms with Crippen LogP contribution in [0.25, 0.3) is 0 Å². The second kappa shape index (κ2) is 13.4. The van der Waals surface area contributed by atoms with E-state index < -0.39 is 10.0 Å². The maximum absolute atomic E-state index is 13.8. The summed E-state index contributed by atoms with van der Waals surface area (Å²) in [6.45, 7) is 4.08. The second-order valence-corrected chi connectivity index (χ2v) is 11.8. The molecule has 1 aromatic heterocycles. The maximum Gasteiger partial charge on any atom is 0.243 e. The zero-order valence-corrected chi connectivity index (χ0v) is 23.9. The first kappa shape index (κ1) is 28.9. The summed E-state index contributed by atoms with van der Waals surface area (Å²) in [4.78, 5) is 17.8. The van der Waals surface area contributed by atoms with Gasteiger partial charge in [0.05, 0.1) is 44.6 Å². The Morgan fingerprint density at radius 2 is 1.78 bits per heavy atom. The van der Waals surface area contributed by atoms with Crippen molar-refractivity contribution in [1.29, 1.82) is 0 Å². The molecule has 2 aliphatic rings. The van der Waals surface area contributed by atoms with Gasteiger partial charge in [-0.25, -0.2) is 8.42 Å². The van der Waals surface area contributed by atoms with Gasteiger partial charge in [-0.15, -0.1) is 0 Å². The fourth-order valence-electron chi connectivity index (χ4n) is 4.81. The van der Waals surface area contributed by atoms with E-state index in [4.69, 9.17) is 23.4 Å². The molecule has 2 aliphatic heterocycles. The number of carbonyl (C=O) groups is 1. The fourth-order valence-corrected chi connectivity index (χ4v) is 6.24. The number of amides is 1. The Balaban J connectivity index is 1.36. The molecule has 0 unspecified atom stereocenters. The van der Waals surface area contributed by atoms with Crippen molar-refractivity contribution in [3.05, 3.63) is 72.2 Å². The lowest BCUT2D eigenvalue weighted by molar-refractivity contribution is -0.133. The number of hydrogen-bond acceptors (Lipinski definition) is 9. The normalized spacial score (nSPS) is 15.3. The largest absolute Gasteiger partial charge is 0.497 e. The monoisotopic (exact) mass is 585 g/mol. The summed E-state index contributed by atoms with van der Waals surface area (Å²) in [5.41, 5.74) is 0.825. The number of morpholine rings is 1. The smallest absolute Gasteiger partial charge is 0.243 e. The van der Waals surface area contributed by atoms with Gasteiger partial charge in [-0.3, -0.25) is 9.69 Å². The van der Waals surface area contributed by atoms with Gasteiger partial charge in [0, 0.05) is 26.2 Å². The fraction of sp³-hybridized carbons (Fsp3) is 0.414. The molecule has 1 saturated heterocycles. The van der Waals surface area contributed by atoms with Gasteiger partial charge in [-0.2, -0.15) is 4.31 Å². The summed E-state index contributed by atoms with van der Waals surface area (Å²) in [5, 5.41) is 0. The predicted octanol–water partition coefficient (Wildman–Crippen LogP) is 2.96. The highest BCUT2D eigenvalue weighted by molar-refractivity contribution is 7.89. The number of methoxy groups -OCH3 is 1. The molecule has 0 atom stereocenters. The van der Waals surface area contributed by atoms with Crippen LogP contribution >= 0.6 is 0 Å². The third kappa shape index (κ3) is 7.39. The van der Waals surface area contributed by atoms with E-state index in [1.807, 2.05) is 12.1 Å². The van der Waals surface area contributed by atoms with Crippen molar-refractivity contribution in [3.8, 4) is 17.2 Å². The molecule has 12 heteroatoms. The van der Waals surface area contributed by atoms with Crippen molar-refractivity contribution >= 4 is 15.9 Å². The lowest BCUT2D eigenvalue weighted by Crippen LogP contribution is -2.44. The molecule has 0 saturated carbocycles. The van der Waals surface area contributed by atoms with Gasteiger partial charge < -0.3 is 28.3 Å². The minimum Gasteiger partial charge on any atom is -0.497 e. The molecule has 0 aliphatic carbocycles. The molecule has 1 fully saturated rings. The van der Waals surface area contributed by atoms with Crippen molar-refractivity contribution in [2.24, 2.45) is 0 Å². The Morgan fingerprint density at radius 1 is 1.00 bits per heavy atom. The Labute approximate surface area is 240 Å². The zero-order valence-electron chi connectivity index (χ0n) is 23.1. The predicted molar refractivity (Wildman–Crippen MR) is 149 cm³/mol. The average Bonchev–Trinajstić information content (AvgIpc) is 3.69. The Hall–Kier alpha value is -3.58. The lowest BCUT2D eigenvalue weighted by atomic mass is 10.2. The van der Waals surface area contributed by atoms with Crippen molar-refractivity contribution in [2.45, 2.75) is 24.4 Å². The standard InChI is InChI=1S/C29H35N3O8S/c1-36-24-6-8-26(9-7-24)41(34,35)32(12-3-11-30-13-16-37-17-14-30)21-29(33)31(20-25-4-2-15-38-25)19-23-5-10-27-28(18-23)40-22-39-27/h2,4-10,15,18H,3,11-14,16-17,19-22H2,1H3. The Kier molecular flexibility index (Phi) is 9.45. The summed E-state index contributed by atoms with van der Waals surface area (Å²) in [5.74, 6) is 2.06. The molecule has 0 N–H and O–H groups in total. The van der Waals surface area contributed by atoms with Crippen LogP contribution in [-0.2, 0) is 32.6 Å². The van der Waals surface area contributed by atoms with Crippen molar-refractivity contribution in [1.82, 2.24) is 14.1 Å². The number of hydrogen-bond donors (Lipinski definition) is 0. The molecule has 2 aromatic carbocycles. The van der Waals surface area contributed by atoms with Crippen LogP contribution in [0.1, 0.15) is 17.7 Å². The molecule has 3 heterocycles.